The molecule has 0 bridgehead atoms. The van der Waals surface area contributed by atoms with Crippen LogP contribution in [0.3, 0.4) is 0 Å². The topological polar surface area (TPSA) is 105 Å². The van der Waals surface area contributed by atoms with Crippen molar-refractivity contribution in [2.75, 3.05) is 31.1 Å². The first-order valence-electron chi connectivity index (χ1n) is 11.9. The Labute approximate surface area is 207 Å². The number of carbonyl (C=O) groups excluding carboxylic acids is 3. The standard InChI is InChI=1S/C26H26FN5O4/c1-16(33)28-13-19-15-32(26(35)36-19)18-6-7-20(21(27)12-18)17-8-10-31(11-9-17)25(34)24-14-29-22-4-2-3-5-23(22)30-24/h2-7,12,14,17,19H,8-11,13,15H2,1H3,(H,28,33)/t19-/m0/s1. The number of likely N-dealkylation sites (tertiary alicyclic amines) is 1. The third-order valence-corrected chi connectivity index (χ3v) is 6.64. The number of benzene rings is 2. The van der Waals surface area contributed by atoms with Crippen molar-refractivity contribution in [2.24, 2.45) is 0 Å². The van der Waals surface area contributed by atoms with Gasteiger partial charge in [-0.15, -0.1) is 0 Å². The van der Waals surface area contributed by atoms with Crippen molar-refractivity contribution in [3.8, 4) is 0 Å². The molecule has 9 nitrogen and oxygen atoms in total. The number of anilines is 1. The van der Waals surface area contributed by atoms with Crippen LogP contribution >= 0.6 is 0 Å². The zero-order chi connectivity index (χ0) is 25.2. The molecule has 1 aromatic heterocycles. The number of hydrogen-bond donors (Lipinski definition) is 1. The highest BCUT2D eigenvalue weighted by Crippen LogP contribution is 2.33. The second kappa shape index (κ2) is 9.88. The van der Waals surface area contributed by atoms with E-state index in [9.17, 15) is 14.4 Å². The number of nitrogens with one attached hydrogen (secondary N) is 1. The third kappa shape index (κ3) is 4.84. The lowest BCUT2D eigenvalue weighted by Crippen LogP contribution is -2.38. The second-order valence-corrected chi connectivity index (χ2v) is 9.07. The molecule has 1 atom stereocenters. The van der Waals surface area contributed by atoms with Gasteiger partial charge in [-0.3, -0.25) is 19.5 Å². The third-order valence-electron chi connectivity index (χ3n) is 6.64. The van der Waals surface area contributed by atoms with Crippen molar-refractivity contribution in [2.45, 2.75) is 31.8 Å². The van der Waals surface area contributed by atoms with E-state index < -0.39 is 18.0 Å². The fourth-order valence-electron chi connectivity index (χ4n) is 4.73. The molecule has 5 rings (SSSR count). The number of halogens is 1. The molecule has 1 N–H and O–H groups in total. The van der Waals surface area contributed by atoms with Crippen molar-refractivity contribution >= 4 is 34.6 Å². The summed E-state index contributed by atoms with van der Waals surface area (Å²) in [6.07, 6.45) is 1.68. The number of para-hydroxylation sites is 2. The summed E-state index contributed by atoms with van der Waals surface area (Å²) in [5.41, 5.74) is 2.69. The van der Waals surface area contributed by atoms with Gasteiger partial charge in [0, 0.05) is 20.0 Å². The molecular weight excluding hydrogens is 465 g/mol. The zero-order valence-corrected chi connectivity index (χ0v) is 19.8. The molecule has 2 fully saturated rings. The molecular formula is C26H26FN5O4. The van der Waals surface area contributed by atoms with E-state index in [0.29, 0.717) is 48.4 Å². The van der Waals surface area contributed by atoms with Gasteiger partial charge in [-0.05, 0) is 48.6 Å². The van der Waals surface area contributed by atoms with E-state index in [0.717, 1.165) is 5.52 Å². The van der Waals surface area contributed by atoms with Crippen molar-refractivity contribution in [1.29, 1.82) is 0 Å². The van der Waals surface area contributed by atoms with E-state index in [1.54, 1.807) is 17.0 Å². The summed E-state index contributed by atoms with van der Waals surface area (Å²) < 4.78 is 20.4. The molecule has 36 heavy (non-hydrogen) atoms. The number of amides is 3. The van der Waals surface area contributed by atoms with Gasteiger partial charge in [-0.25, -0.2) is 14.2 Å². The van der Waals surface area contributed by atoms with Crippen LogP contribution < -0.4 is 10.2 Å². The lowest BCUT2D eigenvalue weighted by atomic mass is 9.88. The molecule has 3 aromatic rings. The van der Waals surface area contributed by atoms with Crippen LogP contribution in [0.1, 0.15) is 41.7 Å². The number of fused-ring (bicyclic) bond motifs is 1. The second-order valence-electron chi connectivity index (χ2n) is 9.07. The Morgan fingerprint density at radius 1 is 1.14 bits per heavy atom. The maximum absolute atomic E-state index is 15.1. The number of aromatic nitrogens is 2. The number of ether oxygens (including phenoxy) is 1. The molecule has 186 valence electrons. The fourth-order valence-corrected chi connectivity index (χ4v) is 4.73. The normalized spacial score (nSPS) is 18.4. The van der Waals surface area contributed by atoms with Crippen LogP contribution in [0.15, 0.2) is 48.7 Å². The minimum Gasteiger partial charge on any atom is -0.442 e. The minimum atomic E-state index is -0.568. The number of carbonyl (C=O) groups is 3. The van der Waals surface area contributed by atoms with Crippen LogP contribution in [0.25, 0.3) is 11.0 Å². The Kier molecular flexibility index (Phi) is 6.49. The molecule has 0 unspecified atom stereocenters. The predicted molar refractivity (Wildman–Crippen MR) is 130 cm³/mol. The fraction of sp³-hybridized carbons (Fsp3) is 0.346. The number of nitrogens with zero attached hydrogens (tertiary/aromatic N) is 4. The van der Waals surface area contributed by atoms with E-state index in [2.05, 4.69) is 15.3 Å². The predicted octanol–water partition coefficient (Wildman–Crippen LogP) is 3.25. The highest BCUT2D eigenvalue weighted by Gasteiger charge is 2.33. The largest absolute Gasteiger partial charge is 0.442 e. The zero-order valence-electron chi connectivity index (χ0n) is 19.8. The first-order chi connectivity index (χ1) is 17.4. The van der Waals surface area contributed by atoms with Gasteiger partial charge >= 0.3 is 6.09 Å². The van der Waals surface area contributed by atoms with Crippen molar-refractivity contribution in [3.63, 3.8) is 0 Å². The van der Waals surface area contributed by atoms with Gasteiger partial charge in [0.15, 0.2) is 0 Å². The molecule has 0 aliphatic carbocycles. The van der Waals surface area contributed by atoms with Crippen LogP contribution in [0.4, 0.5) is 14.9 Å². The van der Waals surface area contributed by atoms with Gasteiger partial charge < -0.3 is 15.0 Å². The average Bonchev–Trinajstić information content (AvgIpc) is 3.27. The van der Waals surface area contributed by atoms with Gasteiger partial charge in [-0.2, -0.15) is 0 Å². The van der Waals surface area contributed by atoms with Gasteiger partial charge in [0.25, 0.3) is 5.91 Å². The van der Waals surface area contributed by atoms with Gasteiger partial charge in [0.05, 0.1) is 36.0 Å². The number of piperidine rings is 1. The highest BCUT2D eigenvalue weighted by molar-refractivity contribution is 5.94. The summed E-state index contributed by atoms with van der Waals surface area (Å²) in [6.45, 7) is 2.81. The molecule has 0 spiro atoms. The lowest BCUT2D eigenvalue weighted by Gasteiger charge is -2.32. The molecule has 0 radical (unpaired) electrons. The first-order valence-corrected chi connectivity index (χ1v) is 11.9. The first kappa shape index (κ1) is 23.7. The number of hydrogen-bond acceptors (Lipinski definition) is 6. The molecule has 2 aromatic carbocycles. The molecule has 10 heteroatoms. The molecule has 2 saturated heterocycles. The van der Waals surface area contributed by atoms with E-state index >= 15 is 4.39 Å². The van der Waals surface area contributed by atoms with Crippen molar-refractivity contribution in [3.05, 3.63) is 65.7 Å². The van der Waals surface area contributed by atoms with Crippen LogP contribution in [-0.2, 0) is 9.53 Å². The van der Waals surface area contributed by atoms with Crippen LogP contribution in [-0.4, -0.2) is 65.1 Å². The number of rotatable bonds is 5. The monoisotopic (exact) mass is 491 g/mol. The minimum absolute atomic E-state index is 0.0381. The summed E-state index contributed by atoms with van der Waals surface area (Å²) in [4.78, 5) is 48.2. The van der Waals surface area contributed by atoms with Crippen LogP contribution in [0.2, 0.25) is 0 Å². The number of cyclic esters (lactones) is 1. The maximum Gasteiger partial charge on any atom is 0.414 e. The molecule has 0 saturated carbocycles. The molecule has 3 heterocycles. The van der Waals surface area contributed by atoms with Gasteiger partial charge in [0.2, 0.25) is 5.91 Å². The quantitative estimate of drug-likeness (QED) is 0.588. The van der Waals surface area contributed by atoms with E-state index in [1.165, 1.54) is 24.1 Å². The Morgan fingerprint density at radius 3 is 2.61 bits per heavy atom. The van der Waals surface area contributed by atoms with Gasteiger partial charge in [0.1, 0.15) is 17.6 Å². The Bertz CT molecular complexity index is 1320. The van der Waals surface area contributed by atoms with E-state index in [1.807, 2.05) is 24.3 Å². The summed E-state index contributed by atoms with van der Waals surface area (Å²) in [6, 6.07) is 12.2. The summed E-state index contributed by atoms with van der Waals surface area (Å²) in [7, 11) is 0. The van der Waals surface area contributed by atoms with Crippen LogP contribution in [0, 0.1) is 5.82 Å². The van der Waals surface area contributed by atoms with Crippen molar-refractivity contribution < 1.29 is 23.5 Å². The van der Waals surface area contributed by atoms with E-state index in [-0.39, 0.29) is 30.8 Å². The average molecular weight is 492 g/mol. The van der Waals surface area contributed by atoms with Crippen LogP contribution in [0.5, 0.6) is 0 Å². The molecule has 3 amide bonds. The Morgan fingerprint density at radius 2 is 1.89 bits per heavy atom. The SMILES string of the molecule is CC(=O)NC[C@H]1CN(c2ccc(C3CCN(C(=O)c4cnc5ccccc5n4)CC3)c(F)c2)C(=O)O1. The molecule has 2 aliphatic heterocycles. The Hall–Kier alpha value is -4.08. The maximum atomic E-state index is 15.1. The highest BCUT2D eigenvalue weighted by atomic mass is 19.1. The Balaban J connectivity index is 1.21. The summed E-state index contributed by atoms with van der Waals surface area (Å²) in [5.74, 6) is -0.818. The summed E-state index contributed by atoms with van der Waals surface area (Å²) >= 11 is 0. The lowest BCUT2D eigenvalue weighted by molar-refractivity contribution is -0.119. The van der Waals surface area contributed by atoms with E-state index in [4.69, 9.17) is 4.74 Å². The van der Waals surface area contributed by atoms with Gasteiger partial charge in [-0.1, -0.05) is 18.2 Å². The van der Waals surface area contributed by atoms with Crippen molar-refractivity contribution in [1.82, 2.24) is 20.2 Å². The smallest absolute Gasteiger partial charge is 0.414 e. The molecule has 2 aliphatic rings. The summed E-state index contributed by atoms with van der Waals surface area (Å²) in [5, 5.41) is 2.62.